The molecule has 1 amide bonds. The van der Waals surface area contributed by atoms with Crippen LogP contribution in [0.4, 0.5) is 18.9 Å². The minimum Gasteiger partial charge on any atom is -0.497 e. The van der Waals surface area contributed by atoms with E-state index in [9.17, 15) is 23.2 Å². The lowest BCUT2D eigenvalue weighted by atomic mass is 9.82. The van der Waals surface area contributed by atoms with Gasteiger partial charge in [0.25, 0.3) is 0 Å². The van der Waals surface area contributed by atoms with Crippen LogP contribution in [0.3, 0.4) is 0 Å². The van der Waals surface area contributed by atoms with Gasteiger partial charge in [-0.3, -0.25) is 4.79 Å². The largest absolute Gasteiger partial charge is 0.497 e. The number of hydrogen-bond acceptors (Lipinski definition) is 5. The Bertz CT molecular complexity index is 1020. The summed E-state index contributed by atoms with van der Waals surface area (Å²) in [7, 11) is 1.50. The summed E-state index contributed by atoms with van der Waals surface area (Å²) in [5.74, 6) is 0.121. The number of thioether (sulfide) groups is 1. The topological polar surface area (TPSA) is 75.0 Å². The van der Waals surface area contributed by atoms with Crippen LogP contribution in [0.2, 0.25) is 0 Å². The van der Waals surface area contributed by atoms with Crippen LogP contribution in [-0.2, 0) is 23.8 Å². The number of halogens is 3. The van der Waals surface area contributed by atoms with E-state index in [1.165, 1.54) is 7.11 Å². The predicted octanol–water partition coefficient (Wildman–Crippen LogP) is 5.23. The number of benzene rings is 1. The number of nitriles is 1. The summed E-state index contributed by atoms with van der Waals surface area (Å²) >= 11 is 0.842. The Balaban J connectivity index is 1.86. The molecule has 1 N–H and O–H groups in total. The van der Waals surface area contributed by atoms with E-state index in [1.807, 2.05) is 6.92 Å². The third-order valence-electron chi connectivity index (χ3n) is 5.30. The Hall–Kier alpha value is -2.73. The molecule has 3 rings (SSSR count). The SMILES string of the molecule is CCC1CCc2nc(SCC(=O)Nc3cccc(OC)c3)c(C#N)c(C(F)(F)F)c2C1. The van der Waals surface area contributed by atoms with Crippen LogP contribution < -0.4 is 10.1 Å². The molecular formula is C22H22F3N3O2S. The zero-order chi connectivity index (χ0) is 22.6. The molecule has 0 fully saturated rings. The fraction of sp³-hybridized carbons (Fsp3) is 0.409. The number of aromatic nitrogens is 1. The number of nitrogens with zero attached hydrogens (tertiary/aromatic N) is 2. The molecule has 1 aliphatic rings. The van der Waals surface area contributed by atoms with Gasteiger partial charge in [-0.25, -0.2) is 4.98 Å². The zero-order valence-electron chi connectivity index (χ0n) is 17.2. The number of amides is 1. The standard InChI is InChI=1S/C22H22F3N3O2S/c1-3-13-7-8-18-16(9-13)20(22(23,24)25)17(11-26)21(28-18)31-12-19(29)27-14-5-4-6-15(10-14)30-2/h4-6,10,13H,3,7-9,12H2,1-2H3,(H,27,29). The number of nitrogens with one attached hydrogen (secondary N) is 1. The smallest absolute Gasteiger partial charge is 0.418 e. The fourth-order valence-corrected chi connectivity index (χ4v) is 4.51. The average molecular weight is 449 g/mol. The van der Waals surface area contributed by atoms with Crippen LogP contribution in [-0.4, -0.2) is 23.8 Å². The van der Waals surface area contributed by atoms with Gasteiger partial charge in [0.1, 0.15) is 16.8 Å². The van der Waals surface area contributed by atoms with Crippen molar-refractivity contribution in [2.45, 2.75) is 43.8 Å². The summed E-state index contributed by atoms with van der Waals surface area (Å²) in [4.78, 5) is 16.7. The molecule has 164 valence electrons. The van der Waals surface area contributed by atoms with Crippen molar-refractivity contribution < 1.29 is 22.7 Å². The van der Waals surface area contributed by atoms with Crippen molar-refractivity contribution in [3.05, 3.63) is 46.6 Å². The van der Waals surface area contributed by atoms with Crippen molar-refractivity contribution in [2.75, 3.05) is 18.2 Å². The van der Waals surface area contributed by atoms with E-state index >= 15 is 0 Å². The van der Waals surface area contributed by atoms with Crippen molar-refractivity contribution in [3.8, 4) is 11.8 Å². The molecule has 1 aromatic carbocycles. The first-order chi connectivity index (χ1) is 14.8. The van der Waals surface area contributed by atoms with Crippen molar-refractivity contribution in [3.63, 3.8) is 0 Å². The lowest BCUT2D eigenvalue weighted by Crippen LogP contribution is -2.23. The molecule has 1 unspecified atom stereocenters. The molecule has 5 nitrogen and oxygen atoms in total. The maximum absolute atomic E-state index is 13.9. The first-order valence-corrected chi connectivity index (χ1v) is 10.8. The van der Waals surface area contributed by atoms with Crippen molar-refractivity contribution in [1.29, 1.82) is 5.26 Å². The highest BCUT2D eigenvalue weighted by atomic mass is 32.2. The lowest BCUT2D eigenvalue weighted by molar-refractivity contribution is -0.138. The molecule has 2 aromatic rings. The molecule has 0 saturated heterocycles. The van der Waals surface area contributed by atoms with Gasteiger partial charge in [-0.2, -0.15) is 18.4 Å². The van der Waals surface area contributed by atoms with E-state index in [0.717, 1.165) is 24.6 Å². The summed E-state index contributed by atoms with van der Waals surface area (Å²) in [6, 6.07) is 8.43. The number of carbonyl (C=O) groups excluding carboxylic acids is 1. The van der Waals surface area contributed by atoms with Gasteiger partial charge in [-0.15, -0.1) is 0 Å². The Morgan fingerprint density at radius 1 is 1.42 bits per heavy atom. The van der Waals surface area contributed by atoms with Gasteiger partial charge in [-0.05, 0) is 42.9 Å². The van der Waals surface area contributed by atoms with E-state index in [0.29, 0.717) is 23.6 Å². The van der Waals surface area contributed by atoms with E-state index in [4.69, 9.17) is 4.74 Å². The van der Waals surface area contributed by atoms with Crippen LogP contribution >= 0.6 is 11.8 Å². The number of rotatable bonds is 6. The second-order valence-corrected chi connectivity index (χ2v) is 8.25. The van der Waals surface area contributed by atoms with Crippen molar-refractivity contribution in [2.24, 2.45) is 5.92 Å². The number of aryl methyl sites for hydroxylation is 1. The normalized spacial score (nSPS) is 15.7. The van der Waals surface area contributed by atoms with Crippen molar-refractivity contribution >= 4 is 23.4 Å². The van der Waals surface area contributed by atoms with Gasteiger partial charge < -0.3 is 10.1 Å². The van der Waals surface area contributed by atoms with Crippen LogP contribution in [0.15, 0.2) is 29.3 Å². The molecular weight excluding hydrogens is 427 g/mol. The van der Waals surface area contributed by atoms with Gasteiger partial charge in [0.05, 0.1) is 24.0 Å². The molecule has 1 aliphatic carbocycles. The van der Waals surface area contributed by atoms with Crippen LogP contribution in [0.25, 0.3) is 0 Å². The maximum atomic E-state index is 13.9. The number of ether oxygens (including phenoxy) is 1. The van der Waals surface area contributed by atoms with Gasteiger partial charge in [0, 0.05) is 17.4 Å². The third-order valence-corrected chi connectivity index (χ3v) is 6.27. The summed E-state index contributed by atoms with van der Waals surface area (Å²) in [6.45, 7) is 1.95. The minimum atomic E-state index is -4.66. The molecule has 1 atom stereocenters. The second kappa shape index (κ2) is 9.60. The summed E-state index contributed by atoms with van der Waals surface area (Å²) < 4.78 is 46.8. The highest BCUT2D eigenvalue weighted by Crippen LogP contribution is 2.42. The summed E-state index contributed by atoms with van der Waals surface area (Å²) in [6.07, 6.45) is -2.42. The van der Waals surface area contributed by atoms with E-state index < -0.39 is 23.2 Å². The number of alkyl halides is 3. The summed E-state index contributed by atoms with van der Waals surface area (Å²) in [5, 5.41) is 12.1. The quantitative estimate of drug-likeness (QED) is 0.612. The first-order valence-electron chi connectivity index (χ1n) is 9.86. The monoisotopic (exact) mass is 449 g/mol. The number of methoxy groups -OCH3 is 1. The highest BCUT2D eigenvalue weighted by molar-refractivity contribution is 8.00. The van der Waals surface area contributed by atoms with Gasteiger partial charge in [0.2, 0.25) is 5.91 Å². The van der Waals surface area contributed by atoms with Crippen LogP contribution in [0.1, 0.15) is 42.1 Å². The molecule has 1 heterocycles. The predicted molar refractivity (Wildman–Crippen MR) is 112 cm³/mol. The number of pyridine rings is 1. The third kappa shape index (κ3) is 5.31. The van der Waals surface area contributed by atoms with E-state index in [-0.39, 0.29) is 28.7 Å². The Morgan fingerprint density at radius 2 is 2.19 bits per heavy atom. The van der Waals surface area contributed by atoms with E-state index in [1.54, 1.807) is 30.3 Å². The number of fused-ring (bicyclic) bond motifs is 1. The van der Waals surface area contributed by atoms with Crippen molar-refractivity contribution in [1.82, 2.24) is 4.98 Å². The average Bonchev–Trinajstić information content (AvgIpc) is 2.75. The van der Waals surface area contributed by atoms with Crippen LogP contribution in [0.5, 0.6) is 5.75 Å². The molecule has 9 heteroatoms. The molecule has 0 saturated carbocycles. The molecule has 1 aromatic heterocycles. The molecule has 0 radical (unpaired) electrons. The zero-order valence-corrected chi connectivity index (χ0v) is 18.0. The second-order valence-electron chi connectivity index (χ2n) is 7.29. The number of carbonyl (C=O) groups is 1. The molecule has 0 spiro atoms. The Morgan fingerprint density at radius 3 is 2.84 bits per heavy atom. The highest BCUT2D eigenvalue weighted by Gasteiger charge is 2.40. The molecule has 0 bridgehead atoms. The molecule has 0 aliphatic heterocycles. The Labute approximate surface area is 183 Å². The lowest BCUT2D eigenvalue weighted by Gasteiger charge is -2.27. The Kier molecular flexibility index (Phi) is 7.11. The van der Waals surface area contributed by atoms with Gasteiger partial charge in [0.15, 0.2) is 0 Å². The maximum Gasteiger partial charge on any atom is 0.418 e. The first kappa shape index (κ1) is 22.9. The minimum absolute atomic E-state index is 0.0516. The molecule has 31 heavy (non-hydrogen) atoms. The number of hydrogen-bond donors (Lipinski definition) is 1. The fourth-order valence-electron chi connectivity index (χ4n) is 3.71. The van der Waals surface area contributed by atoms with Gasteiger partial charge >= 0.3 is 6.18 Å². The number of anilines is 1. The summed E-state index contributed by atoms with van der Waals surface area (Å²) in [5.41, 5.74) is -0.374. The van der Waals surface area contributed by atoms with Crippen LogP contribution in [0, 0.1) is 17.2 Å². The van der Waals surface area contributed by atoms with Gasteiger partial charge in [-0.1, -0.05) is 31.2 Å². The van der Waals surface area contributed by atoms with E-state index in [2.05, 4.69) is 10.3 Å².